The Balaban J connectivity index is 1.82. The highest BCUT2D eigenvalue weighted by molar-refractivity contribution is 5.96. The van der Waals surface area contributed by atoms with Crippen molar-refractivity contribution in [3.63, 3.8) is 0 Å². The van der Waals surface area contributed by atoms with Crippen LogP contribution in [0.15, 0.2) is 24.3 Å². The van der Waals surface area contributed by atoms with Gasteiger partial charge in [-0.15, -0.1) is 0 Å². The van der Waals surface area contributed by atoms with Gasteiger partial charge in [-0.3, -0.25) is 9.59 Å². The highest BCUT2D eigenvalue weighted by Gasteiger charge is 2.43. The molecule has 8 heteroatoms. The molecule has 0 unspecified atom stereocenters. The van der Waals surface area contributed by atoms with Crippen LogP contribution in [-0.2, 0) is 15.7 Å². The molecular formula is C18H21F3N2O3. The van der Waals surface area contributed by atoms with Crippen LogP contribution in [0.1, 0.15) is 35.7 Å². The first-order valence-electron chi connectivity index (χ1n) is 8.57. The van der Waals surface area contributed by atoms with Crippen molar-refractivity contribution in [1.82, 2.24) is 9.80 Å². The minimum absolute atomic E-state index is 0.0708. The van der Waals surface area contributed by atoms with Gasteiger partial charge in [0, 0.05) is 20.0 Å². The molecule has 2 aliphatic heterocycles. The highest BCUT2D eigenvalue weighted by atomic mass is 19.4. The average molecular weight is 370 g/mol. The van der Waals surface area contributed by atoms with E-state index in [1.54, 1.807) is 4.90 Å². The van der Waals surface area contributed by atoms with Crippen LogP contribution in [0.25, 0.3) is 0 Å². The van der Waals surface area contributed by atoms with Crippen LogP contribution in [0.2, 0.25) is 0 Å². The monoisotopic (exact) mass is 370 g/mol. The summed E-state index contributed by atoms with van der Waals surface area (Å²) < 4.78 is 45.6. The predicted molar refractivity (Wildman–Crippen MR) is 87.5 cm³/mol. The maximum Gasteiger partial charge on any atom is 0.417 e. The van der Waals surface area contributed by atoms with Gasteiger partial charge in [0.15, 0.2) is 0 Å². The Morgan fingerprint density at radius 3 is 2.50 bits per heavy atom. The predicted octanol–water partition coefficient (Wildman–Crippen LogP) is 2.56. The largest absolute Gasteiger partial charge is 0.417 e. The number of hydrogen-bond acceptors (Lipinski definition) is 3. The van der Waals surface area contributed by atoms with Crippen LogP contribution >= 0.6 is 0 Å². The SMILES string of the molecule is CC(=O)N1CCO[C@]2(CCCN(C(=O)c3ccccc3C(F)(F)F)C2)C1. The summed E-state index contributed by atoms with van der Waals surface area (Å²) in [5.74, 6) is -0.723. The van der Waals surface area contributed by atoms with E-state index in [4.69, 9.17) is 4.74 Å². The number of morpholine rings is 1. The number of alkyl halides is 3. The molecule has 5 nitrogen and oxygen atoms in total. The number of nitrogens with zero attached hydrogens (tertiary/aromatic N) is 2. The van der Waals surface area contributed by atoms with Crippen LogP contribution in [0.4, 0.5) is 13.2 Å². The van der Waals surface area contributed by atoms with Crippen molar-refractivity contribution in [2.75, 3.05) is 32.8 Å². The lowest BCUT2D eigenvalue weighted by molar-refractivity contribution is -0.157. The number of likely N-dealkylation sites (tertiary alicyclic amines) is 1. The lowest BCUT2D eigenvalue weighted by atomic mass is 9.90. The molecule has 1 atom stereocenters. The van der Waals surface area contributed by atoms with Crippen LogP contribution in [0.3, 0.4) is 0 Å². The summed E-state index contributed by atoms with van der Waals surface area (Å²) in [5, 5.41) is 0. The van der Waals surface area contributed by atoms with E-state index in [1.807, 2.05) is 0 Å². The minimum Gasteiger partial charge on any atom is -0.369 e. The highest BCUT2D eigenvalue weighted by Crippen LogP contribution is 2.34. The second kappa shape index (κ2) is 6.90. The van der Waals surface area contributed by atoms with E-state index in [2.05, 4.69) is 0 Å². The quantitative estimate of drug-likeness (QED) is 0.764. The number of carbonyl (C=O) groups excluding carboxylic acids is 2. The first kappa shape index (κ1) is 18.7. The van der Waals surface area contributed by atoms with E-state index in [1.165, 1.54) is 30.0 Å². The molecule has 0 aliphatic carbocycles. The molecule has 0 N–H and O–H groups in total. The fraction of sp³-hybridized carbons (Fsp3) is 0.556. The molecule has 2 saturated heterocycles. The third-order valence-electron chi connectivity index (χ3n) is 4.98. The minimum atomic E-state index is -4.59. The average Bonchev–Trinajstić information content (AvgIpc) is 2.60. The van der Waals surface area contributed by atoms with E-state index in [-0.39, 0.29) is 18.0 Å². The Labute approximate surface area is 149 Å². The normalized spacial score (nSPS) is 24.0. The molecule has 1 aromatic carbocycles. The van der Waals surface area contributed by atoms with Crippen molar-refractivity contribution in [2.24, 2.45) is 0 Å². The lowest BCUT2D eigenvalue weighted by Crippen LogP contribution is -2.61. The molecule has 0 aromatic heterocycles. The molecule has 1 spiro atoms. The zero-order chi connectivity index (χ0) is 18.9. The van der Waals surface area contributed by atoms with Gasteiger partial charge in [0.05, 0.1) is 30.8 Å². The maximum absolute atomic E-state index is 13.2. The van der Waals surface area contributed by atoms with Crippen molar-refractivity contribution in [1.29, 1.82) is 0 Å². The standard InChI is InChI=1S/C18H21F3N2O3/c1-13(24)22-9-10-26-17(11-22)7-4-8-23(12-17)16(25)14-5-2-3-6-15(14)18(19,20)21/h2-3,5-6H,4,7-12H2,1H3/t17-/m1/s1. The van der Waals surface area contributed by atoms with Gasteiger partial charge in [0.1, 0.15) is 5.60 Å². The van der Waals surface area contributed by atoms with Crippen molar-refractivity contribution in [2.45, 2.75) is 31.5 Å². The Kier molecular flexibility index (Phi) is 4.96. The first-order chi connectivity index (χ1) is 12.2. The van der Waals surface area contributed by atoms with E-state index in [0.717, 1.165) is 6.07 Å². The Morgan fingerprint density at radius 1 is 1.12 bits per heavy atom. The molecule has 0 saturated carbocycles. The molecule has 1 aromatic rings. The number of benzene rings is 1. The number of hydrogen-bond donors (Lipinski definition) is 0. The lowest BCUT2D eigenvalue weighted by Gasteiger charge is -2.47. The molecular weight excluding hydrogens is 349 g/mol. The zero-order valence-corrected chi connectivity index (χ0v) is 14.5. The van der Waals surface area contributed by atoms with E-state index in [0.29, 0.717) is 39.1 Å². The van der Waals surface area contributed by atoms with Crippen molar-refractivity contribution in [3.05, 3.63) is 35.4 Å². The van der Waals surface area contributed by atoms with Crippen molar-refractivity contribution >= 4 is 11.8 Å². The summed E-state index contributed by atoms with van der Waals surface area (Å²) in [6.45, 7) is 3.23. The number of carbonyl (C=O) groups is 2. The van der Waals surface area contributed by atoms with E-state index in [9.17, 15) is 22.8 Å². The molecule has 3 rings (SSSR count). The first-order valence-corrected chi connectivity index (χ1v) is 8.57. The van der Waals surface area contributed by atoms with Crippen LogP contribution < -0.4 is 0 Å². The summed E-state index contributed by atoms with van der Waals surface area (Å²) in [7, 11) is 0. The van der Waals surface area contributed by atoms with Gasteiger partial charge in [0.2, 0.25) is 5.91 Å². The molecule has 0 radical (unpaired) electrons. The summed E-state index contributed by atoms with van der Waals surface area (Å²) in [6, 6.07) is 4.82. The topological polar surface area (TPSA) is 49.9 Å². The van der Waals surface area contributed by atoms with Gasteiger partial charge in [-0.1, -0.05) is 12.1 Å². The molecule has 2 amide bonds. The van der Waals surface area contributed by atoms with Gasteiger partial charge in [-0.2, -0.15) is 13.2 Å². The number of piperidine rings is 1. The number of rotatable bonds is 1. The summed E-state index contributed by atoms with van der Waals surface area (Å²) >= 11 is 0. The maximum atomic E-state index is 13.2. The molecule has 0 bridgehead atoms. The van der Waals surface area contributed by atoms with Gasteiger partial charge in [0.25, 0.3) is 5.91 Å². The molecule has 2 aliphatic rings. The fourth-order valence-electron chi connectivity index (χ4n) is 3.72. The smallest absolute Gasteiger partial charge is 0.369 e. The van der Waals surface area contributed by atoms with Crippen molar-refractivity contribution < 1.29 is 27.5 Å². The number of halogens is 3. The summed E-state index contributed by atoms with van der Waals surface area (Å²) in [4.78, 5) is 27.6. The van der Waals surface area contributed by atoms with Crippen LogP contribution in [0, 0.1) is 0 Å². The number of ether oxygens (including phenoxy) is 1. The Hall–Kier alpha value is -2.09. The third-order valence-corrected chi connectivity index (χ3v) is 4.98. The summed E-state index contributed by atoms with van der Waals surface area (Å²) in [6.07, 6.45) is -3.31. The summed E-state index contributed by atoms with van der Waals surface area (Å²) in [5.41, 5.74) is -1.99. The third kappa shape index (κ3) is 3.70. The van der Waals surface area contributed by atoms with Gasteiger partial charge < -0.3 is 14.5 Å². The molecule has 2 heterocycles. The molecule has 142 valence electrons. The number of amides is 2. The van der Waals surface area contributed by atoms with Crippen LogP contribution in [0.5, 0.6) is 0 Å². The van der Waals surface area contributed by atoms with Crippen molar-refractivity contribution in [3.8, 4) is 0 Å². The second-order valence-electron chi connectivity index (χ2n) is 6.85. The fourth-order valence-corrected chi connectivity index (χ4v) is 3.72. The van der Waals surface area contributed by atoms with E-state index >= 15 is 0 Å². The molecule has 2 fully saturated rings. The van der Waals surface area contributed by atoms with Gasteiger partial charge in [-0.25, -0.2) is 0 Å². The Bertz CT molecular complexity index is 703. The van der Waals surface area contributed by atoms with Gasteiger partial charge in [-0.05, 0) is 25.0 Å². The zero-order valence-electron chi connectivity index (χ0n) is 14.5. The molecule has 26 heavy (non-hydrogen) atoms. The Morgan fingerprint density at radius 2 is 1.81 bits per heavy atom. The van der Waals surface area contributed by atoms with Gasteiger partial charge >= 0.3 is 6.18 Å². The van der Waals surface area contributed by atoms with E-state index < -0.39 is 23.2 Å². The van der Waals surface area contributed by atoms with Crippen LogP contribution in [-0.4, -0.2) is 60.0 Å². The second-order valence-corrected chi connectivity index (χ2v) is 6.85.